The second-order valence-corrected chi connectivity index (χ2v) is 8.30. The molecule has 0 bridgehead atoms. The van der Waals surface area contributed by atoms with Crippen molar-refractivity contribution in [3.63, 3.8) is 0 Å². The third-order valence-electron chi connectivity index (χ3n) is 5.96. The van der Waals surface area contributed by atoms with E-state index in [0.29, 0.717) is 53.6 Å². The van der Waals surface area contributed by atoms with E-state index < -0.39 is 0 Å². The van der Waals surface area contributed by atoms with Crippen molar-refractivity contribution < 1.29 is 13.9 Å². The number of amides is 1. The fourth-order valence-corrected chi connectivity index (χ4v) is 3.83. The lowest BCUT2D eigenvalue weighted by atomic mass is 10.0. The molecule has 1 fully saturated rings. The van der Waals surface area contributed by atoms with Gasteiger partial charge in [-0.1, -0.05) is 6.08 Å². The van der Waals surface area contributed by atoms with E-state index in [0.717, 1.165) is 24.1 Å². The third-order valence-corrected chi connectivity index (χ3v) is 5.96. The molecule has 0 radical (unpaired) electrons. The first kappa shape index (κ1) is 19.5. The van der Waals surface area contributed by atoms with Crippen molar-refractivity contribution in [3.05, 3.63) is 41.8 Å². The van der Waals surface area contributed by atoms with Crippen molar-refractivity contribution in [2.75, 3.05) is 25.5 Å². The van der Waals surface area contributed by atoms with E-state index in [1.54, 1.807) is 26.4 Å². The molecule has 0 saturated heterocycles. The Bertz CT molecular complexity index is 1180. The minimum absolute atomic E-state index is 0.0228. The van der Waals surface area contributed by atoms with Crippen LogP contribution in [0, 0.1) is 6.92 Å². The number of nitrogens with zero attached hydrogens (tertiary/aromatic N) is 5. The normalized spacial score (nSPS) is 17.4. The number of methoxy groups -OCH3 is 1. The lowest BCUT2D eigenvalue weighted by Gasteiger charge is -2.26. The zero-order valence-electron chi connectivity index (χ0n) is 17.8. The Labute approximate surface area is 179 Å². The third kappa shape index (κ3) is 3.60. The van der Waals surface area contributed by atoms with Gasteiger partial charge in [0, 0.05) is 18.6 Å². The summed E-state index contributed by atoms with van der Waals surface area (Å²) in [4.78, 5) is 32.5. The molecule has 160 valence electrons. The molecule has 3 aromatic rings. The Balaban J connectivity index is 1.41. The summed E-state index contributed by atoms with van der Waals surface area (Å²) in [5.74, 6) is 1.62. The second-order valence-electron chi connectivity index (χ2n) is 8.30. The molecule has 1 N–H and O–H groups in total. The van der Waals surface area contributed by atoms with Gasteiger partial charge in [0.25, 0.3) is 5.91 Å². The van der Waals surface area contributed by atoms with E-state index >= 15 is 0 Å². The van der Waals surface area contributed by atoms with Crippen LogP contribution in [0.4, 0.5) is 5.82 Å². The number of hydrogen-bond acceptors (Lipinski definition) is 8. The van der Waals surface area contributed by atoms with Crippen LogP contribution in [0.1, 0.15) is 48.0 Å². The number of anilines is 1. The van der Waals surface area contributed by atoms with Crippen molar-refractivity contribution in [2.24, 2.45) is 0 Å². The smallest absolute Gasteiger partial charge is 0.258 e. The van der Waals surface area contributed by atoms with Crippen molar-refractivity contribution in [1.29, 1.82) is 0 Å². The maximum atomic E-state index is 13.5. The van der Waals surface area contributed by atoms with E-state index in [9.17, 15) is 4.79 Å². The van der Waals surface area contributed by atoms with Crippen molar-refractivity contribution in [3.8, 4) is 5.88 Å². The molecule has 1 saturated carbocycles. The van der Waals surface area contributed by atoms with E-state index in [-0.39, 0.29) is 11.4 Å². The molecule has 0 atom stereocenters. The average Bonchev–Trinajstić information content (AvgIpc) is 3.41. The quantitative estimate of drug-likeness (QED) is 0.671. The lowest BCUT2D eigenvalue weighted by molar-refractivity contribution is 0.0772. The summed E-state index contributed by atoms with van der Waals surface area (Å²) in [6.07, 6.45) is 9.64. The summed E-state index contributed by atoms with van der Waals surface area (Å²) in [7, 11) is 1.56. The Morgan fingerprint density at radius 1 is 1.23 bits per heavy atom. The molecule has 3 aromatic heterocycles. The van der Waals surface area contributed by atoms with Crippen LogP contribution in [0.5, 0.6) is 5.88 Å². The molecule has 1 amide bonds. The molecule has 0 spiro atoms. The number of carbonyl (C=O) groups excluding carboxylic acids is 1. The van der Waals surface area contributed by atoms with E-state index in [2.05, 4.69) is 32.2 Å². The number of hydrogen-bond donors (Lipinski definition) is 1. The molecule has 1 aliphatic heterocycles. The number of aromatic nitrogens is 4. The van der Waals surface area contributed by atoms with Crippen molar-refractivity contribution in [1.82, 2.24) is 24.8 Å². The number of furan rings is 1. The fraction of sp³-hybridized carbons (Fsp3) is 0.409. The topological polar surface area (TPSA) is 106 Å². The maximum absolute atomic E-state index is 13.5. The standard InChI is InChI=1S/C22H24N6O3/c1-13-17(18-19(27-22(2)6-7-22)25-12-26-20(18)31-13)21(29)28-8-4-14(5-9-28)15-10-24-16(30-3)11-23-15/h4,10-12H,5-9H2,1-3H3,(H,25,26,27). The van der Waals surface area contributed by atoms with Gasteiger partial charge in [-0.2, -0.15) is 0 Å². The zero-order valence-corrected chi connectivity index (χ0v) is 17.8. The summed E-state index contributed by atoms with van der Waals surface area (Å²) in [5.41, 5.74) is 2.86. The number of ether oxygens (including phenoxy) is 1. The first-order chi connectivity index (χ1) is 15.0. The van der Waals surface area contributed by atoms with Crippen LogP contribution >= 0.6 is 0 Å². The Kier molecular flexibility index (Phi) is 4.60. The largest absolute Gasteiger partial charge is 0.480 e. The number of fused-ring (bicyclic) bond motifs is 1. The van der Waals surface area contributed by atoms with Crippen LogP contribution in [0.15, 0.2) is 29.2 Å². The molecule has 4 heterocycles. The van der Waals surface area contributed by atoms with E-state index in [1.165, 1.54) is 6.33 Å². The van der Waals surface area contributed by atoms with Crippen LogP contribution in [0.25, 0.3) is 16.7 Å². The Morgan fingerprint density at radius 2 is 2.06 bits per heavy atom. The molecule has 31 heavy (non-hydrogen) atoms. The summed E-state index contributed by atoms with van der Waals surface area (Å²) in [5, 5.41) is 4.13. The predicted octanol–water partition coefficient (Wildman–Crippen LogP) is 3.22. The summed E-state index contributed by atoms with van der Waals surface area (Å²) in [6.45, 7) is 5.02. The SMILES string of the molecule is COc1cnc(C2=CCN(C(=O)c3c(C)oc4ncnc(NC5(C)CC5)c34)CC2)cn1. The van der Waals surface area contributed by atoms with E-state index in [1.807, 2.05) is 11.0 Å². The average molecular weight is 420 g/mol. The predicted molar refractivity (Wildman–Crippen MR) is 115 cm³/mol. The molecule has 1 aliphatic carbocycles. The molecule has 0 aromatic carbocycles. The first-order valence-corrected chi connectivity index (χ1v) is 10.3. The van der Waals surface area contributed by atoms with Crippen LogP contribution in [0.3, 0.4) is 0 Å². The van der Waals surface area contributed by atoms with Gasteiger partial charge < -0.3 is 19.4 Å². The number of nitrogens with one attached hydrogen (secondary N) is 1. The molecule has 5 rings (SSSR count). The highest BCUT2D eigenvalue weighted by atomic mass is 16.5. The van der Waals surface area contributed by atoms with Crippen molar-refractivity contribution >= 4 is 28.4 Å². The highest BCUT2D eigenvalue weighted by molar-refractivity contribution is 6.10. The fourth-order valence-electron chi connectivity index (χ4n) is 3.83. The van der Waals surface area contributed by atoms with Gasteiger partial charge in [0.2, 0.25) is 11.6 Å². The minimum atomic E-state index is -0.0776. The highest BCUT2D eigenvalue weighted by Crippen LogP contribution is 2.40. The molecule has 2 aliphatic rings. The molecule has 9 nitrogen and oxygen atoms in total. The van der Waals surface area contributed by atoms with Gasteiger partial charge in [-0.15, -0.1) is 0 Å². The van der Waals surface area contributed by atoms with Crippen molar-refractivity contribution in [2.45, 2.75) is 38.6 Å². The summed E-state index contributed by atoms with van der Waals surface area (Å²) < 4.78 is 10.9. The van der Waals surface area contributed by atoms with Crippen LogP contribution in [-0.2, 0) is 0 Å². The number of rotatable bonds is 5. The number of carbonyl (C=O) groups is 1. The second kappa shape index (κ2) is 7.33. The van der Waals surface area contributed by atoms with Crippen LogP contribution < -0.4 is 10.1 Å². The van der Waals surface area contributed by atoms with Gasteiger partial charge in [0.1, 0.15) is 17.9 Å². The summed E-state index contributed by atoms with van der Waals surface area (Å²) >= 11 is 0. The Morgan fingerprint density at radius 3 is 2.71 bits per heavy atom. The molecular weight excluding hydrogens is 396 g/mol. The van der Waals surface area contributed by atoms with Crippen LogP contribution in [0.2, 0.25) is 0 Å². The van der Waals surface area contributed by atoms with Gasteiger partial charge >= 0.3 is 0 Å². The van der Waals surface area contributed by atoms with Crippen LogP contribution in [-0.4, -0.2) is 56.5 Å². The maximum Gasteiger partial charge on any atom is 0.258 e. The zero-order chi connectivity index (χ0) is 21.6. The van der Waals surface area contributed by atoms with Gasteiger partial charge in [-0.05, 0) is 38.7 Å². The Hall–Kier alpha value is -3.49. The van der Waals surface area contributed by atoms with Gasteiger partial charge in [-0.3, -0.25) is 4.79 Å². The van der Waals surface area contributed by atoms with E-state index in [4.69, 9.17) is 9.15 Å². The monoisotopic (exact) mass is 420 g/mol. The lowest BCUT2D eigenvalue weighted by Crippen LogP contribution is -2.35. The van der Waals surface area contributed by atoms with Gasteiger partial charge in [0.15, 0.2) is 0 Å². The van der Waals surface area contributed by atoms with Gasteiger partial charge in [0.05, 0.1) is 36.1 Å². The molecule has 0 unspecified atom stereocenters. The minimum Gasteiger partial charge on any atom is -0.480 e. The summed E-state index contributed by atoms with van der Waals surface area (Å²) in [6, 6.07) is 0. The molecular formula is C22H24N6O3. The first-order valence-electron chi connectivity index (χ1n) is 10.3. The number of aryl methyl sites for hydroxylation is 1. The molecule has 9 heteroatoms. The van der Waals surface area contributed by atoms with Gasteiger partial charge in [-0.25, -0.2) is 19.9 Å². The highest BCUT2D eigenvalue weighted by Gasteiger charge is 2.39.